The van der Waals surface area contributed by atoms with Crippen LogP contribution in [0.25, 0.3) is 6.08 Å². The molecule has 0 radical (unpaired) electrons. The Kier molecular flexibility index (Phi) is 7.40. The molecule has 0 spiro atoms. The maximum Gasteiger partial charge on any atom is 0.294 e. The summed E-state index contributed by atoms with van der Waals surface area (Å²) in [5.74, 6) is -0.741. The van der Waals surface area contributed by atoms with Gasteiger partial charge in [0.05, 0.1) is 5.69 Å². The molecule has 4 rings (SSSR count). The maximum atomic E-state index is 14.1. The van der Waals surface area contributed by atoms with E-state index in [0.29, 0.717) is 24.0 Å². The Morgan fingerprint density at radius 3 is 2.79 bits per heavy atom. The fourth-order valence-corrected chi connectivity index (χ4v) is 4.51. The van der Waals surface area contributed by atoms with Gasteiger partial charge in [-0.05, 0) is 50.1 Å². The molecule has 1 saturated heterocycles. The predicted molar refractivity (Wildman–Crippen MR) is 126 cm³/mol. The number of carbonyl (C=O) groups excluding carboxylic acids is 2. The van der Waals surface area contributed by atoms with E-state index in [2.05, 4.69) is 17.1 Å². The maximum absolute atomic E-state index is 14.1. The van der Waals surface area contributed by atoms with Crippen LogP contribution in [0.15, 0.2) is 54.3 Å². The van der Waals surface area contributed by atoms with Crippen LogP contribution in [0.3, 0.4) is 0 Å². The Labute approximate surface area is 194 Å². The Hall–Kier alpha value is -3.19. The SMILES string of the molecule is CC[C@H]1CCCCN1CCNC(=O)CN1C(=O)/C(=C/c2ccccc2F)Oc2ccccc21. The smallest absolute Gasteiger partial charge is 0.294 e. The third-order valence-corrected chi connectivity index (χ3v) is 6.27. The summed E-state index contributed by atoms with van der Waals surface area (Å²) in [6.45, 7) is 4.47. The third kappa shape index (κ3) is 5.42. The highest BCUT2D eigenvalue weighted by atomic mass is 19.1. The van der Waals surface area contributed by atoms with Crippen LogP contribution >= 0.6 is 0 Å². The third-order valence-electron chi connectivity index (χ3n) is 6.27. The van der Waals surface area contributed by atoms with E-state index < -0.39 is 11.7 Å². The van der Waals surface area contributed by atoms with Crippen LogP contribution in [-0.2, 0) is 9.59 Å². The first kappa shape index (κ1) is 23.0. The first-order valence-corrected chi connectivity index (χ1v) is 11.6. The molecule has 2 aliphatic rings. The summed E-state index contributed by atoms with van der Waals surface area (Å²) in [7, 11) is 0. The Morgan fingerprint density at radius 2 is 1.97 bits per heavy atom. The monoisotopic (exact) mass is 451 g/mol. The van der Waals surface area contributed by atoms with Gasteiger partial charge in [-0.2, -0.15) is 0 Å². The van der Waals surface area contributed by atoms with E-state index in [1.807, 2.05) is 0 Å². The lowest BCUT2D eigenvalue weighted by atomic mass is 10.0. The van der Waals surface area contributed by atoms with Gasteiger partial charge in [-0.1, -0.05) is 43.7 Å². The van der Waals surface area contributed by atoms with Gasteiger partial charge in [0.15, 0.2) is 11.5 Å². The van der Waals surface area contributed by atoms with E-state index in [1.54, 1.807) is 42.5 Å². The van der Waals surface area contributed by atoms with Crippen LogP contribution in [0, 0.1) is 5.82 Å². The highest BCUT2D eigenvalue weighted by molar-refractivity contribution is 6.12. The van der Waals surface area contributed by atoms with Gasteiger partial charge in [0.2, 0.25) is 5.91 Å². The van der Waals surface area contributed by atoms with Crippen LogP contribution < -0.4 is 15.0 Å². The van der Waals surface area contributed by atoms with Gasteiger partial charge in [-0.25, -0.2) is 4.39 Å². The van der Waals surface area contributed by atoms with Gasteiger partial charge in [-0.15, -0.1) is 0 Å². The Balaban J connectivity index is 1.45. The van der Waals surface area contributed by atoms with Crippen LogP contribution in [0.5, 0.6) is 5.75 Å². The number of likely N-dealkylation sites (tertiary alicyclic amines) is 1. The van der Waals surface area contributed by atoms with E-state index in [-0.39, 0.29) is 23.8 Å². The fraction of sp³-hybridized carbons (Fsp3) is 0.385. The summed E-state index contributed by atoms with van der Waals surface area (Å²) >= 11 is 0. The van der Waals surface area contributed by atoms with Crippen molar-refractivity contribution in [1.29, 1.82) is 0 Å². The highest BCUT2D eigenvalue weighted by Gasteiger charge is 2.31. The zero-order valence-electron chi connectivity index (χ0n) is 18.9. The lowest BCUT2D eigenvalue weighted by Crippen LogP contribution is -2.47. The molecular formula is C26H30FN3O3. The zero-order chi connectivity index (χ0) is 23.2. The molecular weight excluding hydrogens is 421 g/mol. The van der Waals surface area contributed by atoms with Gasteiger partial charge in [0.25, 0.3) is 5.91 Å². The van der Waals surface area contributed by atoms with Gasteiger partial charge in [0.1, 0.15) is 12.4 Å². The number of ether oxygens (including phenoxy) is 1. The molecule has 2 heterocycles. The molecule has 2 aromatic carbocycles. The number of halogens is 1. The minimum Gasteiger partial charge on any atom is -0.449 e. The molecule has 0 unspecified atom stereocenters. The molecule has 7 heteroatoms. The minimum absolute atomic E-state index is 0.0225. The second-order valence-corrected chi connectivity index (χ2v) is 8.43. The number of nitrogens with zero attached hydrogens (tertiary/aromatic N) is 2. The standard InChI is InChI=1S/C26H30FN3O3/c1-2-20-10-7-8-15-29(20)16-14-28-25(31)18-30-22-12-5-6-13-23(22)33-24(26(30)32)17-19-9-3-4-11-21(19)27/h3-6,9,11-13,17,20H,2,7-8,10,14-16,18H2,1H3,(H,28,31)/b24-17-/t20-/m0/s1. The first-order chi connectivity index (χ1) is 16.1. The largest absolute Gasteiger partial charge is 0.449 e. The summed E-state index contributed by atoms with van der Waals surface area (Å²) in [5, 5.41) is 2.95. The van der Waals surface area contributed by atoms with Crippen molar-refractivity contribution in [3.05, 3.63) is 65.7 Å². The lowest BCUT2D eigenvalue weighted by Gasteiger charge is -2.35. The molecule has 6 nitrogen and oxygen atoms in total. The molecule has 2 amide bonds. The summed E-state index contributed by atoms with van der Waals surface area (Å²) in [5.41, 5.74) is 0.766. The van der Waals surface area contributed by atoms with Crippen molar-refractivity contribution in [3.8, 4) is 5.75 Å². The van der Waals surface area contributed by atoms with Crippen molar-refractivity contribution in [3.63, 3.8) is 0 Å². The van der Waals surface area contributed by atoms with E-state index >= 15 is 0 Å². The van der Waals surface area contributed by atoms with Crippen molar-refractivity contribution >= 4 is 23.6 Å². The fourth-order valence-electron chi connectivity index (χ4n) is 4.51. The van der Waals surface area contributed by atoms with Crippen molar-refractivity contribution in [1.82, 2.24) is 10.2 Å². The quantitative estimate of drug-likeness (QED) is 0.647. The number of piperidine rings is 1. The molecule has 33 heavy (non-hydrogen) atoms. The summed E-state index contributed by atoms with van der Waals surface area (Å²) < 4.78 is 19.9. The molecule has 1 atom stereocenters. The molecule has 0 bridgehead atoms. The zero-order valence-corrected chi connectivity index (χ0v) is 18.9. The Morgan fingerprint density at radius 1 is 1.18 bits per heavy atom. The summed E-state index contributed by atoms with van der Waals surface area (Å²) in [6.07, 6.45) is 6.16. The van der Waals surface area contributed by atoms with Crippen molar-refractivity contribution in [2.75, 3.05) is 31.1 Å². The van der Waals surface area contributed by atoms with Crippen LogP contribution in [-0.4, -0.2) is 48.9 Å². The highest BCUT2D eigenvalue weighted by Crippen LogP contribution is 2.35. The number of carbonyl (C=O) groups is 2. The first-order valence-electron chi connectivity index (χ1n) is 11.6. The number of fused-ring (bicyclic) bond motifs is 1. The number of amides is 2. The van der Waals surface area contributed by atoms with Crippen LogP contribution in [0.4, 0.5) is 10.1 Å². The predicted octanol–water partition coefficient (Wildman–Crippen LogP) is 3.97. The topological polar surface area (TPSA) is 61.9 Å². The van der Waals surface area contributed by atoms with Gasteiger partial charge < -0.3 is 10.1 Å². The molecule has 0 aromatic heterocycles. The molecule has 1 N–H and O–H groups in total. The molecule has 174 valence electrons. The average molecular weight is 452 g/mol. The summed E-state index contributed by atoms with van der Waals surface area (Å²) in [6, 6.07) is 13.8. The van der Waals surface area contributed by atoms with Gasteiger partial charge >= 0.3 is 0 Å². The Bertz CT molecular complexity index is 1040. The van der Waals surface area contributed by atoms with Gasteiger partial charge in [-0.3, -0.25) is 19.4 Å². The normalized spacial score (nSPS) is 19.8. The second-order valence-electron chi connectivity index (χ2n) is 8.43. The average Bonchev–Trinajstić information content (AvgIpc) is 2.83. The lowest BCUT2D eigenvalue weighted by molar-refractivity contribution is -0.123. The van der Waals surface area contributed by atoms with Crippen LogP contribution in [0.1, 0.15) is 38.2 Å². The number of hydrogen-bond acceptors (Lipinski definition) is 4. The van der Waals surface area contributed by atoms with E-state index in [1.165, 1.54) is 36.3 Å². The van der Waals surface area contributed by atoms with E-state index in [9.17, 15) is 14.0 Å². The second kappa shape index (κ2) is 10.6. The number of hydrogen-bond donors (Lipinski definition) is 1. The summed E-state index contributed by atoms with van der Waals surface area (Å²) in [4.78, 5) is 29.7. The van der Waals surface area contributed by atoms with Gasteiger partial charge in [0, 0.05) is 24.7 Å². The molecule has 1 fully saturated rings. The van der Waals surface area contributed by atoms with Crippen LogP contribution in [0.2, 0.25) is 0 Å². The van der Waals surface area contributed by atoms with Crippen molar-refractivity contribution in [2.45, 2.75) is 38.6 Å². The number of anilines is 1. The minimum atomic E-state index is -0.478. The number of rotatable bonds is 7. The van der Waals surface area contributed by atoms with E-state index in [4.69, 9.17) is 4.74 Å². The molecule has 0 saturated carbocycles. The molecule has 2 aliphatic heterocycles. The number of nitrogens with one attached hydrogen (secondary N) is 1. The number of benzene rings is 2. The molecule has 2 aromatic rings. The van der Waals surface area contributed by atoms with Crippen molar-refractivity contribution < 1.29 is 18.7 Å². The molecule has 0 aliphatic carbocycles. The van der Waals surface area contributed by atoms with E-state index in [0.717, 1.165) is 19.5 Å². The number of para-hydroxylation sites is 2. The van der Waals surface area contributed by atoms with Crippen molar-refractivity contribution in [2.24, 2.45) is 0 Å².